The Bertz CT molecular complexity index is 381. The highest BCUT2D eigenvalue weighted by molar-refractivity contribution is 7.59. The fraction of sp³-hybridized carbons (Fsp3) is 0.625. The zero-order valence-electron chi connectivity index (χ0n) is 9.27. The summed E-state index contributed by atoms with van der Waals surface area (Å²) in [4.78, 5) is 41.4. The second-order valence-corrected chi connectivity index (χ2v) is 5.96. The molecule has 1 unspecified atom stereocenters. The molecule has 5 N–H and O–H groups in total. The summed E-state index contributed by atoms with van der Waals surface area (Å²) in [7, 11) is -3.87. The zero-order chi connectivity index (χ0) is 14.3. The summed E-state index contributed by atoms with van der Waals surface area (Å²) in [6, 6.07) is -1.66. The molecule has 0 aliphatic rings. The van der Waals surface area contributed by atoms with Gasteiger partial charge in [-0.05, 0) is 0 Å². The lowest BCUT2D eigenvalue weighted by Crippen LogP contribution is -2.43. The maximum absolute atomic E-state index is 11.3. The van der Waals surface area contributed by atoms with Gasteiger partial charge in [-0.2, -0.15) is 0 Å². The number of rotatable bonds is 8. The third-order valence-corrected chi connectivity index (χ3v) is 3.53. The van der Waals surface area contributed by atoms with Gasteiger partial charge in [0.25, 0.3) is 0 Å². The Morgan fingerprint density at radius 3 is 2.17 bits per heavy atom. The Morgan fingerprint density at radius 1 is 1.22 bits per heavy atom. The van der Waals surface area contributed by atoms with Crippen molar-refractivity contribution < 1.29 is 39.2 Å². The van der Waals surface area contributed by atoms with Gasteiger partial charge in [0.05, 0.1) is 13.0 Å². The van der Waals surface area contributed by atoms with Crippen molar-refractivity contribution in [3.63, 3.8) is 0 Å². The van der Waals surface area contributed by atoms with Crippen molar-refractivity contribution in [1.29, 1.82) is 0 Å². The van der Waals surface area contributed by atoms with Crippen LogP contribution in [0.3, 0.4) is 0 Å². The van der Waals surface area contributed by atoms with Crippen molar-refractivity contribution in [2.45, 2.75) is 12.5 Å². The quantitative estimate of drug-likeness (QED) is 0.329. The smallest absolute Gasteiger partial charge is 0.326 e. The number of carboxylic acid groups (broad SMARTS) is 2. The van der Waals surface area contributed by atoms with Crippen LogP contribution < -0.4 is 5.32 Å². The predicted molar refractivity (Wildman–Crippen MR) is 58.5 cm³/mol. The topological polar surface area (TPSA) is 161 Å². The van der Waals surface area contributed by atoms with E-state index in [9.17, 15) is 23.8 Å². The number of amides is 1. The van der Waals surface area contributed by atoms with Crippen LogP contribution in [-0.4, -0.2) is 63.0 Å². The average molecular weight is 283 g/mol. The van der Waals surface area contributed by atoms with Gasteiger partial charge in [0.1, 0.15) is 12.2 Å². The molecule has 10 heteroatoms. The highest BCUT2D eigenvalue weighted by atomic mass is 31.2. The third-order valence-electron chi connectivity index (χ3n) is 1.85. The highest BCUT2D eigenvalue weighted by Crippen LogP contribution is 2.39. The molecule has 0 fully saturated rings. The molecule has 0 aromatic carbocycles. The lowest BCUT2D eigenvalue weighted by Gasteiger charge is -2.14. The predicted octanol–water partition coefficient (Wildman–Crippen LogP) is -1.71. The molecule has 2 atom stereocenters. The molecule has 0 aromatic heterocycles. The van der Waals surface area contributed by atoms with Crippen LogP contribution >= 0.6 is 7.37 Å². The van der Waals surface area contributed by atoms with E-state index in [1.807, 2.05) is 5.32 Å². The maximum Gasteiger partial charge on any atom is 0.326 e. The van der Waals surface area contributed by atoms with Gasteiger partial charge >= 0.3 is 11.9 Å². The molecule has 0 saturated heterocycles. The van der Waals surface area contributed by atoms with E-state index in [4.69, 9.17) is 15.3 Å². The number of aliphatic hydroxyl groups is 1. The molecule has 0 aliphatic carbocycles. The van der Waals surface area contributed by atoms with Crippen molar-refractivity contribution in [2.24, 2.45) is 0 Å². The first-order chi connectivity index (χ1) is 8.18. The SMILES string of the molecule is O=C(O)C[C@H](NC(=O)CP(=O)(O)CCO)C(=O)O. The van der Waals surface area contributed by atoms with Gasteiger partial charge < -0.3 is 25.5 Å². The molecule has 0 aromatic rings. The number of aliphatic carboxylic acids is 2. The molecule has 0 spiro atoms. The lowest BCUT2D eigenvalue weighted by atomic mass is 10.2. The van der Waals surface area contributed by atoms with Crippen molar-refractivity contribution in [2.75, 3.05) is 18.9 Å². The lowest BCUT2D eigenvalue weighted by molar-refractivity contribution is -0.147. The molecular formula is C8H14NO8P. The number of carbonyl (C=O) groups excluding carboxylic acids is 1. The number of aliphatic hydroxyl groups excluding tert-OH is 1. The van der Waals surface area contributed by atoms with Gasteiger partial charge in [0.2, 0.25) is 13.3 Å². The Morgan fingerprint density at radius 2 is 1.78 bits per heavy atom. The van der Waals surface area contributed by atoms with E-state index < -0.39 is 56.6 Å². The molecule has 9 nitrogen and oxygen atoms in total. The average Bonchev–Trinajstić information content (AvgIpc) is 2.14. The van der Waals surface area contributed by atoms with Crippen LogP contribution in [0.15, 0.2) is 0 Å². The second kappa shape index (κ2) is 7.10. The minimum Gasteiger partial charge on any atom is -0.481 e. The fourth-order valence-corrected chi connectivity index (χ4v) is 2.09. The van der Waals surface area contributed by atoms with Crippen LogP contribution in [0.1, 0.15) is 6.42 Å². The maximum atomic E-state index is 11.3. The molecule has 18 heavy (non-hydrogen) atoms. The molecular weight excluding hydrogens is 269 g/mol. The summed E-state index contributed by atoms with van der Waals surface area (Å²) in [5.74, 6) is -4.03. The van der Waals surface area contributed by atoms with Crippen molar-refractivity contribution in [3.05, 3.63) is 0 Å². The van der Waals surface area contributed by atoms with E-state index in [1.165, 1.54) is 0 Å². The molecule has 104 valence electrons. The van der Waals surface area contributed by atoms with E-state index >= 15 is 0 Å². The van der Waals surface area contributed by atoms with E-state index in [-0.39, 0.29) is 0 Å². The van der Waals surface area contributed by atoms with Gasteiger partial charge in [0.15, 0.2) is 0 Å². The van der Waals surface area contributed by atoms with Crippen molar-refractivity contribution in [1.82, 2.24) is 5.32 Å². The first-order valence-electron chi connectivity index (χ1n) is 4.83. The molecule has 0 saturated carbocycles. The number of hydrogen-bond acceptors (Lipinski definition) is 5. The highest BCUT2D eigenvalue weighted by Gasteiger charge is 2.27. The standard InChI is InChI=1S/C8H14NO8P/c10-1-2-18(16,17)4-6(11)9-5(8(14)15)3-7(12)13/h5,10H,1-4H2,(H,9,11)(H,12,13)(H,14,15)(H,16,17)/t5-/m0/s1. The van der Waals surface area contributed by atoms with Gasteiger partial charge in [-0.3, -0.25) is 14.2 Å². The van der Waals surface area contributed by atoms with E-state index in [1.54, 1.807) is 0 Å². The zero-order valence-corrected chi connectivity index (χ0v) is 10.2. The van der Waals surface area contributed by atoms with Crippen LogP contribution in [0.5, 0.6) is 0 Å². The fourth-order valence-electron chi connectivity index (χ4n) is 1.07. The van der Waals surface area contributed by atoms with Crippen LogP contribution in [0.25, 0.3) is 0 Å². The van der Waals surface area contributed by atoms with E-state index in [0.717, 1.165) is 0 Å². The Labute approximate surface area is 102 Å². The van der Waals surface area contributed by atoms with Crippen LogP contribution in [0, 0.1) is 0 Å². The van der Waals surface area contributed by atoms with E-state index in [2.05, 4.69) is 0 Å². The number of hydrogen-bond donors (Lipinski definition) is 5. The summed E-state index contributed by atoms with van der Waals surface area (Å²) < 4.78 is 11.3. The second-order valence-electron chi connectivity index (χ2n) is 3.51. The number of nitrogens with one attached hydrogen (secondary N) is 1. The van der Waals surface area contributed by atoms with Crippen LogP contribution in [-0.2, 0) is 18.9 Å². The van der Waals surface area contributed by atoms with E-state index in [0.29, 0.717) is 0 Å². The van der Waals surface area contributed by atoms with Gasteiger partial charge in [-0.1, -0.05) is 0 Å². The van der Waals surface area contributed by atoms with Crippen molar-refractivity contribution in [3.8, 4) is 0 Å². The summed E-state index contributed by atoms with van der Waals surface area (Å²) >= 11 is 0. The summed E-state index contributed by atoms with van der Waals surface area (Å²) in [5.41, 5.74) is 0. The van der Waals surface area contributed by atoms with Gasteiger partial charge in [-0.15, -0.1) is 0 Å². The largest absolute Gasteiger partial charge is 0.481 e. The van der Waals surface area contributed by atoms with Gasteiger partial charge in [0, 0.05) is 6.16 Å². The summed E-state index contributed by atoms with van der Waals surface area (Å²) in [6.07, 6.45) is -2.19. The molecule has 0 heterocycles. The van der Waals surface area contributed by atoms with Crippen molar-refractivity contribution >= 4 is 25.2 Å². The number of carboxylic acids is 2. The molecule has 1 amide bonds. The Kier molecular flexibility index (Phi) is 6.53. The first-order valence-corrected chi connectivity index (χ1v) is 6.86. The molecule has 0 rings (SSSR count). The van der Waals surface area contributed by atoms with Crippen LogP contribution in [0.2, 0.25) is 0 Å². The third kappa shape index (κ3) is 7.00. The Hall–Kier alpha value is -1.44. The van der Waals surface area contributed by atoms with Gasteiger partial charge in [-0.25, -0.2) is 4.79 Å². The minimum atomic E-state index is -3.87. The minimum absolute atomic E-state index is 0.489. The molecule has 0 aliphatic heterocycles. The molecule has 0 radical (unpaired) electrons. The monoisotopic (exact) mass is 283 g/mol. The normalized spacial score (nSPS) is 15.4. The first kappa shape index (κ1) is 16.6. The number of carbonyl (C=O) groups is 3. The summed E-state index contributed by atoms with van der Waals surface area (Å²) in [6.45, 7) is -0.585. The molecule has 0 bridgehead atoms. The Balaban J connectivity index is 4.48. The summed E-state index contributed by atoms with van der Waals surface area (Å²) in [5, 5.41) is 27.3. The van der Waals surface area contributed by atoms with Crippen LogP contribution in [0.4, 0.5) is 0 Å².